The Morgan fingerprint density at radius 3 is 2.75 bits per heavy atom. The minimum atomic E-state index is -0.915. The number of nitrogens with zero attached hydrogens (tertiary/aromatic N) is 2. The van der Waals surface area contributed by atoms with Crippen molar-refractivity contribution in [1.29, 1.82) is 0 Å². The summed E-state index contributed by atoms with van der Waals surface area (Å²) < 4.78 is 5.03. The fraction of sp³-hybridized carbons (Fsp3) is 0.714. The molecule has 0 spiro atoms. The summed E-state index contributed by atoms with van der Waals surface area (Å²) in [7, 11) is 1.56. The highest BCUT2D eigenvalue weighted by Crippen LogP contribution is 2.31. The fourth-order valence-corrected chi connectivity index (χ4v) is 3.66. The Balaban J connectivity index is 2.06. The van der Waals surface area contributed by atoms with Gasteiger partial charge in [0.15, 0.2) is 5.13 Å². The van der Waals surface area contributed by atoms with E-state index in [1.165, 1.54) is 37.0 Å². The molecule has 5 nitrogen and oxygen atoms in total. The third-order valence-electron chi connectivity index (χ3n) is 3.74. The van der Waals surface area contributed by atoms with Crippen LogP contribution in [0.15, 0.2) is 0 Å². The van der Waals surface area contributed by atoms with E-state index in [1.807, 2.05) is 0 Å². The number of carboxylic acids is 1. The Labute approximate surface area is 123 Å². The molecule has 1 fully saturated rings. The minimum Gasteiger partial charge on any atom is -0.477 e. The summed E-state index contributed by atoms with van der Waals surface area (Å²) in [6.07, 6.45) is 4.88. The average Bonchev–Trinajstić information content (AvgIpc) is 2.85. The van der Waals surface area contributed by atoms with Crippen LogP contribution in [0.5, 0.6) is 0 Å². The number of anilines is 1. The van der Waals surface area contributed by atoms with E-state index in [-0.39, 0.29) is 6.61 Å². The van der Waals surface area contributed by atoms with E-state index in [0.29, 0.717) is 10.6 Å². The molecule has 1 aromatic heterocycles. The van der Waals surface area contributed by atoms with Gasteiger partial charge in [-0.1, -0.05) is 31.1 Å². The molecule has 0 radical (unpaired) electrons. The molecule has 1 aliphatic rings. The average molecular weight is 298 g/mol. The Morgan fingerprint density at radius 2 is 2.20 bits per heavy atom. The highest BCUT2D eigenvalue weighted by atomic mass is 32.1. The van der Waals surface area contributed by atoms with Gasteiger partial charge in [-0.05, 0) is 18.8 Å². The third kappa shape index (κ3) is 3.49. The van der Waals surface area contributed by atoms with Gasteiger partial charge < -0.3 is 14.7 Å². The van der Waals surface area contributed by atoms with Crippen LogP contribution in [0.4, 0.5) is 5.13 Å². The van der Waals surface area contributed by atoms with E-state index in [9.17, 15) is 9.90 Å². The molecule has 112 valence electrons. The molecule has 1 aromatic rings. The number of carboxylic acid groups (broad SMARTS) is 1. The Morgan fingerprint density at radius 1 is 1.50 bits per heavy atom. The van der Waals surface area contributed by atoms with Crippen molar-refractivity contribution in [2.45, 2.75) is 39.2 Å². The highest BCUT2D eigenvalue weighted by Gasteiger charge is 2.24. The summed E-state index contributed by atoms with van der Waals surface area (Å²) in [5.74, 6) is -0.102. The first-order valence-corrected chi connectivity index (χ1v) is 7.94. The number of hydrogen-bond acceptors (Lipinski definition) is 5. The van der Waals surface area contributed by atoms with Crippen molar-refractivity contribution in [3.63, 3.8) is 0 Å². The maximum absolute atomic E-state index is 11.2. The van der Waals surface area contributed by atoms with E-state index in [0.717, 1.165) is 24.1 Å². The van der Waals surface area contributed by atoms with Gasteiger partial charge >= 0.3 is 5.97 Å². The maximum atomic E-state index is 11.2. The Kier molecular flexibility index (Phi) is 5.37. The maximum Gasteiger partial charge on any atom is 0.347 e. The summed E-state index contributed by atoms with van der Waals surface area (Å²) in [5.41, 5.74) is 0.538. The van der Waals surface area contributed by atoms with E-state index >= 15 is 0 Å². The van der Waals surface area contributed by atoms with Crippen LogP contribution in [0.25, 0.3) is 0 Å². The number of hydrogen-bond donors (Lipinski definition) is 1. The van der Waals surface area contributed by atoms with Gasteiger partial charge in [0.1, 0.15) is 4.88 Å². The lowest BCUT2D eigenvalue weighted by atomic mass is 9.93. The monoisotopic (exact) mass is 298 g/mol. The molecule has 0 unspecified atom stereocenters. The number of methoxy groups -OCH3 is 1. The van der Waals surface area contributed by atoms with Crippen LogP contribution in [-0.2, 0) is 11.3 Å². The van der Waals surface area contributed by atoms with Gasteiger partial charge in [-0.2, -0.15) is 0 Å². The molecular formula is C14H22N2O3S. The largest absolute Gasteiger partial charge is 0.477 e. The molecule has 0 saturated carbocycles. The lowest BCUT2D eigenvalue weighted by Gasteiger charge is -2.31. The highest BCUT2D eigenvalue weighted by molar-refractivity contribution is 7.17. The van der Waals surface area contributed by atoms with Crippen molar-refractivity contribution in [1.82, 2.24) is 4.98 Å². The SMILES string of the molecule is CCCC1CCN(c2nc(COC)c(C(=O)O)s2)CC1. The predicted molar refractivity (Wildman–Crippen MR) is 79.6 cm³/mol. The zero-order chi connectivity index (χ0) is 14.5. The van der Waals surface area contributed by atoms with Crippen LogP contribution in [0.3, 0.4) is 0 Å². The lowest BCUT2D eigenvalue weighted by Crippen LogP contribution is -2.33. The molecular weight excluding hydrogens is 276 g/mol. The van der Waals surface area contributed by atoms with Gasteiger partial charge in [0.05, 0.1) is 12.3 Å². The smallest absolute Gasteiger partial charge is 0.347 e. The first kappa shape index (κ1) is 15.3. The van der Waals surface area contributed by atoms with Crippen molar-refractivity contribution < 1.29 is 14.6 Å². The number of carbonyl (C=O) groups is 1. The number of ether oxygens (including phenoxy) is 1. The molecule has 2 rings (SSSR count). The standard InChI is InChI=1S/C14H22N2O3S/c1-3-4-10-5-7-16(8-6-10)14-15-11(9-19-2)12(20-14)13(17)18/h10H,3-9H2,1-2H3,(H,17,18). The summed E-state index contributed by atoms with van der Waals surface area (Å²) in [6, 6.07) is 0. The number of piperidine rings is 1. The molecule has 0 atom stereocenters. The minimum absolute atomic E-state index is 0.254. The van der Waals surface area contributed by atoms with Crippen LogP contribution >= 0.6 is 11.3 Å². The first-order valence-electron chi connectivity index (χ1n) is 7.12. The number of thiazole rings is 1. The molecule has 0 aliphatic carbocycles. The zero-order valence-corrected chi connectivity index (χ0v) is 12.9. The summed E-state index contributed by atoms with van der Waals surface area (Å²) >= 11 is 1.26. The molecule has 1 aliphatic heterocycles. The van der Waals surface area contributed by atoms with Crippen molar-refractivity contribution in [2.75, 3.05) is 25.1 Å². The van der Waals surface area contributed by atoms with Crippen molar-refractivity contribution >= 4 is 22.4 Å². The van der Waals surface area contributed by atoms with Gasteiger partial charge in [-0.25, -0.2) is 9.78 Å². The van der Waals surface area contributed by atoms with Crippen LogP contribution < -0.4 is 4.90 Å². The predicted octanol–water partition coefficient (Wildman–Crippen LogP) is 3.00. The van der Waals surface area contributed by atoms with Crippen molar-refractivity contribution in [2.24, 2.45) is 5.92 Å². The quantitative estimate of drug-likeness (QED) is 0.874. The first-order chi connectivity index (χ1) is 9.65. The second-order valence-corrected chi connectivity index (χ2v) is 6.21. The molecule has 0 amide bonds. The molecule has 6 heteroatoms. The lowest BCUT2D eigenvalue weighted by molar-refractivity contribution is 0.0697. The van der Waals surface area contributed by atoms with Crippen LogP contribution in [0.1, 0.15) is 48.0 Å². The number of rotatable bonds is 6. The number of aromatic carboxylic acids is 1. The third-order valence-corrected chi connectivity index (χ3v) is 4.89. The molecule has 1 saturated heterocycles. The van der Waals surface area contributed by atoms with E-state index in [1.54, 1.807) is 7.11 Å². The molecule has 1 N–H and O–H groups in total. The second kappa shape index (κ2) is 7.04. The zero-order valence-electron chi connectivity index (χ0n) is 12.1. The summed E-state index contributed by atoms with van der Waals surface area (Å²) in [4.78, 5) is 18.2. The summed E-state index contributed by atoms with van der Waals surface area (Å²) in [5, 5.41) is 10.0. The molecule has 2 heterocycles. The topological polar surface area (TPSA) is 62.7 Å². The molecule has 0 bridgehead atoms. The van der Waals surface area contributed by atoms with Gasteiger partial charge in [-0.15, -0.1) is 0 Å². The van der Waals surface area contributed by atoms with Crippen molar-refractivity contribution in [3.8, 4) is 0 Å². The van der Waals surface area contributed by atoms with E-state index in [2.05, 4.69) is 16.8 Å². The van der Waals surface area contributed by atoms with Crippen LogP contribution in [-0.4, -0.2) is 36.3 Å². The normalized spacial score (nSPS) is 16.6. The van der Waals surface area contributed by atoms with Crippen LogP contribution in [0, 0.1) is 5.92 Å². The van der Waals surface area contributed by atoms with Gasteiger partial charge in [0.25, 0.3) is 0 Å². The second-order valence-electron chi connectivity index (χ2n) is 5.23. The van der Waals surface area contributed by atoms with Crippen molar-refractivity contribution in [3.05, 3.63) is 10.6 Å². The van der Waals surface area contributed by atoms with E-state index in [4.69, 9.17) is 4.74 Å². The fourth-order valence-electron chi connectivity index (χ4n) is 2.70. The van der Waals surface area contributed by atoms with E-state index < -0.39 is 5.97 Å². The molecule has 20 heavy (non-hydrogen) atoms. The van der Waals surface area contributed by atoms with Gasteiger partial charge in [0, 0.05) is 20.2 Å². The number of aromatic nitrogens is 1. The van der Waals surface area contributed by atoms with Crippen LogP contribution in [0.2, 0.25) is 0 Å². The Hall–Kier alpha value is -1.14. The Bertz CT molecular complexity index is 453. The van der Waals surface area contributed by atoms with Gasteiger partial charge in [-0.3, -0.25) is 0 Å². The van der Waals surface area contributed by atoms with Gasteiger partial charge in [0.2, 0.25) is 0 Å². The summed E-state index contributed by atoms with van der Waals surface area (Å²) in [6.45, 7) is 4.43. The molecule has 0 aromatic carbocycles.